The van der Waals surface area contributed by atoms with Crippen molar-refractivity contribution in [1.82, 2.24) is 0 Å². The molecule has 1 N–H and O–H groups in total. The van der Waals surface area contributed by atoms with Crippen LogP contribution in [0.5, 0.6) is 0 Å². The zero-order valence-corrected chi connectivity index (χ0v) is 17.7. The molecule has 1 aliphatic rings. The van der Waals surface area contributed by atoms with Crippen LogP contribution in [0.2, 0.25) is 0 Å². The number of aryl methyl sites for hydroxylation is 4. The van der Waals surface area contributed by atoms with E-state index in [1.165, 1.54) is 21.8 Å². The Morgan fingerprint density at radius 1 is 0.793 bits per heavy atom. The van der Waals surface area contributed by atoms with Gasteiger partial charge < -0.3 is 5.32 Å². The first-order valence-electron chi connectivity index (χ1n) is 9.45. The highest BCUT2D eigenvalue weighted by Crippen LogP contribution is 2.36. The van der Waals surface area contributed by atoms with Crippen LogP contribution in [0.15, 0.2) is 59.6 Å². The number of imide groups is 1. The van der Waals surface area contributed by atoms with Gasteiger partial charge in [-0.2, -0.15) is 0 Å². The molecule has 0 spiro atoms. The molecule has 0 saturated carbocycles. The molecule has 1 aromatic heterocycles. The summed E-state index contributed by atoms with van der Waals surface area (Å²) in [5.41, 5.74) is 6.57. The third-order valence-corrected chi connectivity index (χ3v) is 6.26. The third-order valence-electron chi connectivity index (χ3n) is 5.38. The van der Waals surface area contributed by atoms with Gasteiger partial charge in [-0.05, 0) is 85.7 Å². The maximum atomic E-state index is 13.4. The Bertz CT molecular complexity index is 1160. The highest BCUT2D eigenvalue weighted by atomic mass is 32.1. The number of hydrogen-bond donors (Lipinski definition) is 1. The molecule has 4 rings (SSSR count). The van der Waals surface area contributed by atoms with Gasteiger partial charge in [-0.3, -0.25) is 9.59 Å². The summed E-state index contributed by atoms with van der Waals surface area (Å²) in [6, 6.07) is 15.3. The molecule has 29 heavy (non-hydrogen) atoms. The number of nitrogens with one attached hydrogen (secondary N) is 1. The van der Waals surface area contributed by atoms with Crippen LogP contribution in [-0.4, -0.2) is 11.8 Å². The molecule has 0 atom stereocenters. The Morgan fingerprint density at radius 3 is 2.10 bits per heavy atom. The van der Waals surface area contributed by atoms with Crippen LogP contribution in [-0.2, 0) is 9.59 Å². The van der Waals surface area contributed by atoms with Crippen molar-refractivity contribution < 1.29 is 9.59 Å². The van der Waals surface area contributed by atoms with E-state index >= 15 is 0 Å². The summed E-state index contributed by atoms with van der Waals surface area (Å²) < 4.78 is 0. The van der Waals surface area contributed by atoms with Gasteiger partial charge in [0.05, 0.1) is 11.3 Å². The van der Waals surface area contributed by atoms with Gasteiger partial charge in [-0.15, -0.1) is 11.3 Å². The van der Waals surface area contributed by atoms with E-state index in [9.17, 15) is 9.59 Å². The molecule has 0 unspecified atom stereocenters. The van der Waals surface area contributed by atoms with Crippen molar-refractivity contribution in [2.24, 2.45) is 0 Å². The van der Waals surface area contributed by atoms with Gasteiger partial charge in [0.2, 0.25) is 0 Å². The van der Waals surface area contributed by atoms with Crippen LogP contribution in [0.25, 0.3) is 5.57 Å². The van der Waals surface area contributed by atoms with Crippen LogP contribution in [0.1, 0.15) is 27.1 Å². The summed E-state index contributed by atoms with van der Waals surface area (Å²) in [5, 5.41) is 5.14. The Morgan fingerprint density at radius 2 is 1.48 bits per heavy atom. The third kappa shape index (κ3) is 3.38. The van der Waals surface area contributed by atoms with Crippen molar-refractivity contribution in [2.75, 3.05) is 10.2 Å². The molecule has 146 valence electrons. The van der Waals surface area contributed by atoms with Crippen LogP contribution >= 0.6 is 11.3 Å². The second-order valence-electron chi connectivity index (χ2n) is 7.37. The van der Waals surface area contributed by atoms with Gasteiger partial charge in [0.25, 0.3) is 11.8 Å². The van der Waals surface area contributed by atoms with Gasteiger partial charge in [-0.1, -0.05) is 18.2 Å². The summed E-state index contributed by atoms with van der Waals surface area (Å²) in [6.07, 6.45) is 0. The number of anilines is 2. The first-order chi connectivity index (χ1) is 13.9. The van der Waals surface area contributed by atoms with Crippen LogP contribution in [0.3, 0.4) is 0 Å². The maximum absolute atomic E-state index is 13.4. The lowest BCUT2D eigenvalue weighted by atomic mass is 10.1. The number of rotatable bonds is 4. The number of amides is 2. The SMILES string of the molecule is Cc1ccc(NC2=C(c3cccs3)C(=O)N(c3ccc(C)c(C)c3)C2=O)cc1C. The van der Waals surface area contributed by atoms with Gasteiger partial charge in [0.15, 0.2) is 0 Å². The van der Waals surface area contributed by atoms with Crippen molar-refractivity contribution in [3.8, 4) is 0 Å². The van der Waals surface area contributed by atoms with Crippen molar-refractivity contribution in [3.63, 3.8) is 0 Å². The van der Waals surface area contributed by atoms with E-state index in [1.54, 1.807) is 0 Å². The van der Waals surface area contributed by atoms with Gasteiger partial charge >= 0.3 is 0 Å². The average molecular weight is 403 g/mol. The second-order valence-corrected chi connectivity index (χ2v) is 8.31. The predicted octanol–water partition coefficient (Wildman–Crippen LogP) is 5.38. The smallest absolute Gasteiger partial charge is 0.282 e. The van der Waals surface area contributed by atoms with E-state index < -0.39 is 0 Å². The average Bonchev–Trinajstić information content (AvgIpc) is 3.28. The molecule has 2 aromatic carbocycles. The molecule has 1 aliphatic heterocycles. The molecule has 3 aromatic rings. The lowest BCUT2D eigenvalue weighted by molar-refractivity contribution is -0.120. The Balaban J connectivity index is 1.80. The molecule has 5 heteroatoms. The van der Waals surface area contributed by atoms with E-state index in [-0.39, 0.29) is 11.8 Å². The monoisotopic (exact) mass is 402 g/mol. The summed E-state index contributed by atoms with van der Waals surface area (Å²) in [6.45, 7) is 8.06. The van der Waals surface area contributed by atoms with Crippen molar-refractivity contribution in [1.29, 1.82) is 0 Å². The molecule has 0 fully saturated rings. The molecule has 2 heterocycles. The van der Waals surface area contributed by atoms with Crippen LogP contribution < -0.4 is 10.2 Å². The fourth-order valence-corrected chi connectivity index (χ4v) is 4.13. The number of carbonyl (C=O) groups excluding carboxylic acids is 2. The molecule has 0 bridgehead atoms. The first-order valence-corrected chi connectivity index (χ1v) is 10.3. The highest BCUT2D eigenvalue weighted by Gasteiger charge is 2.40. The number of hydrogen-bond acceptors (Lipinski definition) is 4. The molecular formula is C24H22N2O2S. The topological polar surface area (TPSA) is 49.4 Å². The van der Waals surface area contributed by atoms with Gasteiger partial charge in [0, 0.05) is 10.6 Å². The molecule has 0 radical (unpaired) electrons. The fourth-order valence-electron chi connectivity index (χ4n) is 3.36. The molecular weight excluding hydrogens is 380 g/mol. The zero-order valence-electron chi connectivity index (χ0n) is 16.9. The largest absolute Gasteiger partial charge is 0.350 e. The Hall–Kier alpha value is -3.18. The van der Waals surface area contributed by atoms with Gasteiger partial charge in [-0.25, -0.2) is 4.90 Å². The number of thiophene rings is 1. The number of carbonyl (C=O) groups is 2. The van der Waals surface area contributed by atoms with Gasteiger partial charge in [0.1, 0.15) is 5.70 Å². The van der Waals surface area contributed by atoms with Crippen molar-refractivity contribution >= 4 is 40.1 Å². The Labute approximate surface area is 174 Å². The quantitative estimate of drug-likeness (QED) is 0.596. The highest BCUT2D eigenvalue weighted by molar-refractivity contribution is 7.11. The standard InChI is InChI=1S/C24H22N2O2S/c1-14-7-9-18(12-16(14)3)25-22-21(20-6-5-11-29-20)23(27)26(24(22)28)19-10-8-15(2)17(4)13-19/h5-13,25H,1-4H3. The van der Waals surface area contributed by atoms with Crippen LogP contribution in [0.4, 0.5) is 11.4 Å². The molecule has 2 amide bonds. The van der Waals surface area contributed by atoms with E-state index in [4.69, 9.17) is 0 Å². The lowest BCUT2D eigenvalue weighted by Crippen LogP contribution is -2.32. The normalized spacial score (nSPS) is 14.1. The van der Waals surface area contributed by atoms with E-state index in [2.05, 4.69) is 5.32 Å². The summed E-state index contributed by atoms with van der Waals surface area (Å²) >= 11 is 1.45. The minimum atomic E-state index is -0.333. The minimum absolute atomic E-state index is 0.299. The first kappa shape index (κ1) is 19.2. The van der Waals surface area contributed by atoms with E-state index in [0.29, 0.717) is 17.0 Å². The van der Waals surface area contributed by atoms with Crippen LogP contribution in [0, 0.1) is 27.7 Å². The lowest BCUT2D eigenvalue weighted by Gasteiger charge is -2.17. The molecule has 0 aliphatic carbocycles. The molecule has 4 nitrogen and oxygen atoms in total. The molecule has 0 saturated heterocycles. The number of benzene rings is 2. The summed E-state index contributed by atoms with van der Waals surface area (Å²) in [5.74, 6) is -0.632. The maximum Gasteiger partial charge on any atom is 0.282 e. The van der Waals surface area contributed by atoms with Crippen molar-refractivity contribution in [2.45, 2.75) is 27.7 Å². The van der Waals surface area contributed by atoms with E-state index in [0.717, 1.165) is 27.3 Å². The minimum Gasteiger partial charge on any atom is -0.350 e. The van der Waals surface area contributed by atoms with E-state index in [1.807, 2.05) is 81.6 Å². The number of nitrogens with zero attached hydrogens (tertiary/aromatic N) is 1. The summed E-state index contributed by atoms with van der Waals surface area (Å²) in [7, 11) is 0. The predicted molar refractivity (Wildman–Crippen MR) is 119 cm³/mol. The zero-order chi connectivity index (χ0) is 20.7. The fraction of sp³-hybridized carbons (Fsp3) is 0.167. The second kappa shape index (κ2) is 7.33. The Kier molecular flexibility index (Phi) is 4.84. The van der Waals surface area contributed by atoms with Crippen molar-refractivity contribution in [3.05, 3.63) is 86.7 Å². The summed E-state index contributed by atoms with van der Waals surface area (Å²) in [4.78, 5) is 28.8.